The molecule has 1 amide bonds. The quantitative estimate of drug-likeness (QED) is 0.188. The third kappa shape index (κ3) is 6.10. The number of allylic oxidation sites excluding steroid dienone is 1. The van der Waals surface area contributed by atoms with Crippen molar-refractivity contribution in [2.24, 2.45) is 0 Å². The van der Waals surface area contributed by atoms with E-state index >= 15 is 0 Å². The first-order chi connectivity index (χ1) is 19.3. The van der Waals surface area contributed by atoms with Gasteiger partial charge in [0.25, 0.3) is 5.91 Å². The van der Waals surface area contributed by atoms with Crippen LogP contribution in [0, 0.1) is 13.8 Å². The Morgan fingerprint density at radius 1 is 1.10 bits per heavy atom. The van der Waals surface area contributed by atoms with Crippen molar-refractivity contribution in [1.29, 1.82) is 0 Å². The lowest BCUT2D eigenvalue weighted by molar-refractivity contribution is -0.113. The van der Waals surface area contributed by atoms with Gasteiger partial charge in [-0.1, -0.05) is 76.6 Å². The number of benzene rings is 3. The summed E-state index contributed by atoms with van der Waals surface area (Å²) >= 11 is 5.25. The molecule has 9 heteroatoms. The lowest BCUT2D eigenvalue weighted by Crippen LogP contribution is -2.31. The molecule has 40 heavy (non-hydrogen) atoms. The Kier molecular flexibility index (Phi) is 8.61. The number of ether oxygens (including phenoxy) is 1. The molecule has 206 valence electrons. The molecule has 1 atom stereocenters. The number of hydrogen-bond acceptors (Lipinski definition) is 6. The molecule has 1 unspecified atom stereocenters. The minimum Gasteiger partial charge on any atom is -0.489 e. The van der Waals surface area contributed by atoms with E-state index in [1.165, 1.54) is 0 Å². The maximum Gasteiger partial charge on any atom is 0.255 e. The van der Waals surface area contributed by atoms with Crippen LogP contribution in [0.1, 0.15) is 48.6 Å². The molecule has 0 fully saturated rings. The minimum atomic E-state index is -0.561. The van der Waals surface area contributed by atoms with E-state index in [1.807, 2.05) is 68.4 Å². The highest BCUT2D eigenvalue weighted by molar-refractivity contribution is 9.10. The Balaban J connectivity index is 1.58. The van der Waals surface area contributed by atoms with Gasteiger partial charge in [0.2, 0.25) is 11.1 Å². The molecule has 2 heterocycles. The van der Waals surface area contributed by atoms with Crippen LogP contribution >= 0.6 is 27.7 Å². The third-order valence-electron chi connectivity index (χ3n) is 6.73. The zero-order chi connectivity index (χ0) is 28.2. The molecule has 2 N–H and O–H groups in total. The highest BCUT2D eigenvalue weighted by atomic mass is 79.9. The summed E-state index contributed by atoms with van der Waals surface area (Å²) in [6, 6.07) is 21.3. The molecule has 4 aromatic rings. The van der Waals surface area contributed by atoms with Crippen LogP contribution in [0.25, 0.3) is 0 Å². The number of nitrogens with zero attached hydrogens (tertiary/aromatic N) is 3. The molecular formula is C31H32BrN5O2S. The highest BCUT2D eigenvalue weighted by Gasteiger charge is 2.36. The number of nitrogens with one attached hydrogen (secondary N) is 2. The second-order valence-corrected chi connectivity index (χ2v) is 11.8. The number of carbonyl (C=O) groups is 1. The zero-order valence-corrected chi connectivity index (χ0v) is 25.4. The van der Waals surface area contributed by atoms with Crippen LogP contribution < -0.4 is 15.4 Å². The second kappa shape index (κ2) is 12.3. The van der Waals surface area contributed by atoms with E-state index < -0.39 is 6.04 Å². The van der Waals surface area contributed by atoms with Gasteiger partial charge >= 0.3 is 0 Å². The van der Waals surface area contributed by atoms with Gasteiger partial charge in [0.1, 0.15) is 18.4 Å². The molecule has 3 aromatic carbocycles. The number of carbonyl (C=O) groups excluding carboxylic acids is 1. The van der Waals surface area contributed by atoms with E-state index in [-0.39, 0.29) is 5.91 Å². The van der Waals surface area contributed by atoms with Gasteiger partial charge in [-0.05, 0) is 68.7 Å². The van der Waals surface area contributed by atoms with Crippen molar-refractivity contribution in [3.8, 4) is 5.75 Å². The van der Waals surface area contributed by atoms with Gasteiger partial charge < -0.3 is 15.4 Å². The fourth-order valence-corrected chi connectivity index (χ4v) is 5.66. The van der Waals surface area contributed by atoms with Crippen molar-refractivity contribution in [3.63, 3.8) is 0 Å². The standard InChI is InChI=1S/C31H32BrN5O2S/c1-5-16-40-31-35-30-33-21(4)27(29(38)34-24-13-10-19(2)11-14-24)28(37(30)36-31)25-17-23(32)12-15-26(25)39-18-22-9-7-6-8-20(22)3/h6-15,17,28H,5,16,18H2,1-4H3,(H,34,38)(H,33,35,36). The highest BCUT2D eigenvalue weighted by Crippen LogP contribution is 2.41. The summed E-state index contributed by atoms with van der Waals surface area (Å²) < 4.78 is 9.11. The number of amides is 1. The van der Waals surface area contributed by atoms with E-state index in [0.29, 0.717) is 34.7 Å². The Morgan fingerprint density at radius 3 is 2.62 bits per heavy atom. The Labute approximate surface area is 247 Å². The smallest absolute Gasteiger partial charge is 0.255 e. The van der Waals surface area contributed by atoms with Gasteiger partial charge in [-0.25, -0.2) is 4.68 Å². The Morgan fingerprint density at radius 2 is 1.88 bits per heavy atom. The van der Waals surface area contributed by atoms with Crippen LogP contribution in [-0.4, -0.2) is 26.4 Å². The number of aryl methyl sites for hydroxylation is 2. The maximum atomic E-state index is 13.9. The van der Waals surface area contributed by atoms with Crippen LogP contribution in [0.3, 0.4) is 0 Å². The van der Waals surface area contributed by atoms with Crippen molar-refractivity contribution in [1.82, 2.24) is 14.8 Å². The van der Waals surface area contributed by atoms with E-state index in [0.717, 1.165) is 44.6 Å². The lowest BCUT2D eigenvalue weighted by Gasteiger charge is -2.30. The second-order valence-electron chi connectivity index (χ2n) is 9.79. The molecule has 0 aliphatic carbocycles. The molecule has 0 radical (unpaired) electrons. The summed E-state index contributed by atoms with van der Waals surface area (Å²) in [7, 11) is 0. The number of fused-ring (bicyclic) bond motifs is 1. The summed E-state index contributed by atoms with van der Waals surface area (Å²) in [5.41, 5.74) is 6.19. The predicted molar refractivity (Wildman–Crippen MR) is 165 cm³/mol. The van der Waals surface area contributed by atoms with Crippen molar-refractivity contribution in [2.45, 2.75) is 51.9 Å². The molecule has 1 aliphatic heterocycles. The molecule has 1 aliphatic rings. The van der Waals surface area contributed by atoms with Crippen molar-refractivity contribution < 1.29 is 9.53 Å². The normalized spacial score (nSPS) is 14.5. The summed E-state index contributed by atoms with van der Waals surface area (Å²) in [6.07, 6.45) is 1.01. The van der Waals surface area contributed by atoms with Gasteiger partial charge in [-0.2, -0.15) is 4.98 Å². The number of aromatic nitrogens is 3. The summed E-state index contributed by atoms with van der Waals surface area (Å²) in [6.45, 7) is 8.53. The first-order valence-electron chi connectivity index (χ1n) is 13.3. The third-order valence-corrected chi connectivity index (χ3v) is 8.27. The van der Waals surface area contributed by atoms with E-state index in [4.69, 9.17) is 14.8 Å². The fraction of sp³-hybridized carbons (Fsp3) is 0.258. The molecule has 1 aromatic heterocycles. The topological polar surface area (TPSA) is 81.1 Å². The maximum absolute atomic E-state index is 13.9. The number of thioether (sulfide) groups is 1. The van der Waals surface area contributed by atoms with Crippen molar-refractivity contribution in [3.05, 3.63) is 105 Å². The van der Waals surface area contributed by atoms with E-state index in [1.54, 1.807) is 16.4 Å². The van der Waals surface area contributed by atoms with Gasteiger partial charge in [-0.3, -0.25) is 4.79 Å². The van der Waals surface area contributed by atoms with Crippen molar-refractivity contribution in [2.75, 3.05) is 16.4 Å². The fourth-order valence-electron chi connectivity index (χ4n) is 4.59. The van der Waals surface area contributed by atoms with Gasteiger partial charge in [0.05, 0.1) is 5.57 Å². The van der Waals surface area contributed by atoms with Gasteiger partial charge in [0, 0.05) is 27.2 Å². The van der Waals surface area contributed by atoms with Gasteiger partial charge in [-0.15, -0.1) is 5.10 Å². The average molecular weight is 619 g/mol. The van der Waals surface area contributed by atoms with Crippen LogP contribution in [0.15, 0.2) is 87.6 Å². The van der Waals surface area contributed by atoms with Crippen LogP contribution in [0.5, 0.6) is 5.75 Å². The lowest BCUT2D eigenvalue weighted by atomic mass is 9.94. The largest absolute Gasteiger partial charge is 0.489 e. The van der Waals surface area contributed by atoms with Crippen molar-refractivity contribution >= 4 is 45.2 Å². The van der Waals surface area contributed by atoms with Crippen LogP contribution in [-0.2, 0) is 11.4 Å². The predicted octanol–water partition coefficient (Wildman–Crippen LogP) is 7.67. The molecule has 0 saturated carbocycles. The molecule has 5 rings (SSSR count). The average Bonchev–Trinajstić information content (AvgIpc) is 3.34. The number of hydrogen-bond donors (Lipinski definition) is 2. The number of halogens is 1. The summed E-state index contributed by atoms with van der Waals surface area (Å²) in [5, 5.41) is 11.9. The van der Waals surface area contributed by atoms with Crippen LogP contribution in [0.2, 0.25) is 0 Å². The first-order valence-corrected chi connectivity index (χ1v) is 15.0. The zero-order valence-electron chi connectivity index (χ0n) is 23.0. The van der Waals surface area contributed by atoms with E-state index in [9.17, 15) is 4.79 Å². The number of anilines is 2. The molecule has 0 saturated heterocycles. The monoisotopic (exact) mass is 617 g/mol. The SMILES string of the molecule is CCCSc1nc2n(n1)C(c1cc(Br)ccc1OCc1ccccc1C)C(C(=O)Nc1ccc(C)cc1)=C(C)N2. The molecule has 7 nitrogen and oxygen atoms in total. The van der Waals surface area contributed by atoms with E-state index in [2.05, 4.69) is 52.5 Å². The first kappa shape index (κ1) is 28.0. The summed E-state index contributed by atoms with van der Waals surface area (Å²) in [4.78, 5) is 18.7. The molecular weight excluding hydrogens is 586 g/mol. The Bertz CT molecular complexity index is 1560. The Hall–Kier alpha value is -3.56. The number of rotatable bonds is 9. The molecule has 0 bridgehead atoms. The minimum absolute atomic E-state index is 0.215. The molecule has 0 spiro atoms. The van der Waals surface area contributed by atoms with Gasteiger partial charge in [0.15, 0.2) is 0 Å². The van der Waals surface area contributed by atoms with Crippen LogP contribution in [0.4, 0.5) is 11.6 Å². The summed E-state index contributed by atoms with van der Waals surface area (Å²) in [5.74, 6) is 1.96.